The zero-order valence-electron chi connectivity index (χ0n) is 17.8. The Morgan fingerprint density at radius 1 is 0.875 bits per heavy atom. The van der Waals surface area contributed by atoms with Crippen LogP contribution >= 0.6 is 11.6 Å². The van der Waals surface area contributed by atoms with Gasteiger partial charge in [-0.05, 0) is 60.4 Å². The van der Waals surface area contributed by atoms with Crippen molar-refractivity contribution in [2.24, 2.45) is 0 Å². The number of nitrogens with zero attached hydrogens (tertiary/aromatic N) is 2. The molecule has 166 valence electrons. The predicted octanol–water partition coefficient (Wildman–Crippen LogP) is 5.10. The van der Waals surface area contributed by atoms with Gasteiger partial charge in [0.2, 0.25) is 6.79 Å². The van der Waals surface area contributed by atoms with Crippen LogP contribution in [0.1, 0.15) is 40.3 Å². The van der Waals surface area contributed by atoms with Crippen LogP contribution in [-0.4, -0.2) is 35.6 Å². The molecule has 0 N–H and O–H groups in total. The summed E-state index contributed by atoms with van der Waals surface area (Å²) in [6.07, 6.45) is 2.12. The van der Waals surface area contributed by atoms with E-state index in [-0.39, 0.29) is 12.7 Å². The van der Waals surface area contributed by atoms with Gasteiger partial charge in [0.1, 0.15) is 5.76 Å². The van der Waals surface area contributed by atoms with Gasteiger partial charge in [0.15, 0.2) is 17.3 Å². The highest BCUT2D eigenvalue weighted by Gasteiger charge is 2.23. The lowest BCUT2D eigenvalue weighted by Gasteiger charge is -2.22. The molecular formula is C25H25ClN2O4. The molecule has 0 spiro atoms. The van der Waals surface area contributed by atoms with E-state index in [1.807, 2.05) is 53.4 Å². The lowest BCUT2D eigenvalue weighted by Crippen LogP contribution is -2.27. The molecule has 2 aliphatic rings. The van der Waals surface area contributed by atoms with Crippen LogP contribution in [0.5, 0.6) is 11.5 Å². The molecule has 7 heteroatoms. The minimum atomic E-state index is -0.0197. The predicted molar refractivity (Wildman–Crippen MR) is 121 cm³/mol. The van der Waals surface area contributed by atoms with Crippen molar-refractivity contribution in [3.63, 3.8) is 0 Å². The number of halogens is 1. The maximum Gasteiger partial charge on any atom is 0.289 e. The van der Waals surface area contributed by atoms with E-state index in [2.05, 4.69) is 4.90 Å². The van der Waals surface area contributed by atoms with Crippen LogP contribution in [0.2, 0.25) is 5.02 Å². The number of benzene rings is 2. The summed E-state index contributed by atoms with van der Waals surface area (Å²) in [6.45, 7) is 3.85. The Kier molecular flexibility index (Phi) is 6.06. The third-order valence-corrected chi connectivity index (χ3v) is 6.06. The molecule has 2 aromatic carbocycles. The van der Waals surface area contributed by atoms with Crippen molar-refractivity contribution in [1.29, 1.82) is 0 Å². The maximum absolute atomic E-state index is 12.6. The number of carbonyl (C=O) groups excluding carboxylic acids is 1. The Labute approximate surface area is 192 Å². The standard InChI is InChI=1S/C25H25ClN2O4/c26-20-6-3-18(4-7-20)14-27(15-19-5-9-22-24(13-19)31-17-30-22)16-21-8-10-23(32-21)25(29)28-11-1-2-12-28/h3-10,13H,1-2,11-12,14-17H2. The highest BCUT2D eigenvalue weighted by molar-refractivity contribution is 6.30. The molecule has 0 unspecified atom stereocenters. The first-order chi connectivity index (χ1) is 15.6. The van der Waals surface area contributed by atoms with Crippen LogP contribution < -0.4 is 9.47 Å². The number of rotatable bonds is 7. The van der Waals surface area contributed by atoms with Crippen LogP contribution in [-0.2, 0) is 19.6 Å². The van der Waals surface area contributed by atoms with Gasteiger partial charge >= 0.3 is 0 Å². The van der Waals surface area contributed by atoms with E-state index < -0.39 is 0 Å². The highest BCUT2D eigenvalue weighted by Crippen LogP contribution is 2.33. The largest absolute Gasteiger partial charge is 0.455 e. The van der Waals surface area contributed by atoms with E-state index in [1.165, 1.54) is 0 Å². The van der Waals surface area contributed by atoms with Gasteiger partial charge in [-0.1, -0.05) is 29.8 Å². The smallest absolute Gasteiger partial charge is 0.289 e. The molecule has 0 radical (unpaired) electrons. The summed E-state index contributed by atoms with van der Waals surface area (Å²) in [5.41, 5.74) is 2.26. The molecule has 1 fully saturated rings. The molecule has 0 bridgehead atoms. The Morgan fingerprint density at radius 2 is 1.59 bits per heavy atom. The zero-order valence-corrected chi connectivity index (χ0v) is 18.5. The monoisotopic (exact) mass is 452 g/mol. The molecular weight excluding hydrogens is 428 g/mol. The Bertz CT molecular complexity index is 1090. The lowest BCUT2D eigenvalue weighted by molar-refractivity contribution is 0.0756. The summed E-state index contributed by atoms with van der Waals surface area (Å²) in [5, 5.41) is 0.715. The lowest BCUT2D eigenvalue weighted by atomic mass is 10.1. The molecule has 1 aromatic heterocycles. The summed E-state index contributed by atoms with van der Waals surface area (Å²) in [6, 6.07) is 17.5. The molecule has 0 saturated carbocycles. The SMILES string of the molecule is O=C(c1ccc(CN(Cc2ccc(Cl)cc2)Cc2ccc3c(c2)OCO3)o1)N1CCCC1. The summed E-state index contributed by atoms with van der Waals surface area (Å²) in [7, 11) is 0. The number of carbonyl (C=O) groups is 1. The van der Waals surface area contributed by atoms with Crippen LogP contribution in [0.15, 0.2) is 59.0 Å². The normalized spacial score (nSPS) is 15.0. The average molecular weight is 453 g/mol. The average Bonchev–Trinajstić information content (AvgIpc) is 3.56. The number of fused-ring (bicyclic) bond motifs is 1. The second-order valence-electron chi connectivity index (χ2n) is 8.22. The van der Waals surface area contributed by atoms with Gasteiger partial charge in [-0.25, -0.2) is 0 Å². The van der Waals surface area contributed by atoms with Crippen molar-refractivity contribution >= 4 is 17.5 Å². The number of hydrogen-bond acceptors (Lipinski definition) is 5. The highest BCUT2D eigenvalue weighted by atomic mass is 35.5. The number of furan rings is 1. The number of ether oxygens (including phenoxy) is 2. The van der Waals surface area contributed by atoms with Crippen LogP contribution in [0.3, 0.4) is 0 Å². The van der Waals surface area contributed by atoms with Crippen molar-refractivity contribution < 1.29 is 18.7 Å². The molecule has 0 atom stereocenters. The van der Waals surface area contributed by atoms with Crippen molar-refractivity contribution in [1.82, 2.24) is 9.80 Å². The van der Waals surface area contributed by atoms with Gasteiger partial charge < -0.3 is 18.8 Å². The van der Waals surface area contributed by atoms with Gasteiger partial charge in [0.05, 0.1) is 6.54 Å². The second kappa shape index (κ2) is 9.27. The van der Waals surface area contributed by atoms with Crippen molar-refractivity contribution in [3.05, 3.63) is 82.3 Å². The first kappa shape index (κ1) is 20.9. The summed E-state index contributed by atoms with van der Waals surface area (Å²) >= 11 is 6.06. The Balaban J connectivity index is 1.33. The van der Waals surface area contributed by atoms with Gasteiger partial charge in [0.25, 0.3) is 5.91 Å². The van der Waals surface area contributed by atoms with Gasteiger partial charge in [-0.3, -0.25) is 9.69 Å². The minimum Gasteiger partial charge on any atom is -0.455 e. The molecule has 3 aromatic rings. The van der Waals surface area contributed by atoms with E-state index in [0.717, 1.165) is 54.3 Å². The van der Waals surface area contributed by atoms with Gasteiger partial charge in [0, 0.05) is 31.2 Å². The number of amides is 1. The van der Waals surface area contributed by atoms with Gasteiger partial charge in [-0.2, -0.15) is 0 Å². The number of likely N-dealkylation sites (tertiary alicyclic amines) is 1. The molecule has 32 heavy (non-hydrogen) atoms. The first-order valence-corrected chi connectivity index (χ1v) is 11.3. The Morgan fingerprint density at radius 3 is 2.41 bits per heavy atom. The van der Waals surface area contributed by atoms with Crippen molar-refractivity contribution in [2.75, 3.05) is 19.9 Å². The Hall–Kier alpha value is -2.96. The quantitative estimate of drug-likeness (QED) is 0.499. The zero-order chi connectivity index (χ0) is 21.9. The molecule has 3 heterocycles. The third-order valence-electron chi connectivity index (χ3n) is 5.81. The van der Waals surface area contributed by atoms with Crippen LogP contribution in [0.25, 0.3) is 0 Å². The molecule has 1 saturated heterocycles. The molecule has 2 aliphatic heterocycles. The maximum atomic E-state index is 12.6. The summed E-state index contributed by atoms with van der Waals surface area (Å²) < 4.78 is 16.9. The van der Waals surface area contributed by atoms with Crippen molar-refractivity contribution in [3.8, 4) is 11.5 Å². The molecule has 5 rings (SSSR count). The molecule has 0 aliphatic carbocycles. The van der Waals surface area contributed by atoms with Crippen LogP contribution in [0, 0.1) is 0 Å². The van der Waals surface area contributed by atoms with Crippen molar-refractivity contribution in [2.45, 2.75) is 32.5 Å². The fraction of sp³-hybridized carbons (Fsp3) is 0.320. The topological polar surface area (TPSA) is 55.2 Å². The minimum absolute atomic E-state index is 0.0197. The molecule has 6 nitrogen and oxygen atoms in total. The van der Waals surface area contributed by atoms with E-state index in [9.17, 15) is 4.79 Å². The van der Waals surface area contributed by atoms with E-state index >= 15 is 0 Å². The van der Waals surface area contributed by atoms with Gasteiger partial charge in [-0.15, -0.1) is 0 Å². The first-order valence-electron chi connectivity index (χ1n) is 10.9. The van der Waals surface area contributed by atoms with E-state index in [4.69, 9.17) is 25.5 Å². The fourth-order valence-electron chi connectivity index (χ4n) is 4.19. The third kappa shape index (κ3) is 4.76. The van der Waals surface area contributed by atoms with E-state index in [1.54, 1.807) is 6.07 Å². The van der Waals surface area contributed by atoms with Crippen LogP contribution in [0.4, 0.5) is 0 Å². The summed E-state index contributed by atoms with van der Waals surface area (Å²) in [5.74, 6) is 2.70. The summed E-state index contributed by atoms with van der Waals surface area (Å²) in [4.78, 5) is 16.8. The molecule has 1 amide bonds. The fourth-order valence-corrected chi connectivity index (χ4v) is 4.31. The van der Waals surface area contributed by atoms with E-state index in [0.29, 0.717) is 30.4 Å². The number of hydrogen-bond donors (Lipinski definition) is 0. The second-order valence-corrected chi connectivity index (χ2v) is 8.66.